The van der Waals surface area contributed by atoms with E-state index in [0.717, 1.165) is 10.0 Å². The van der Waals surface area contributed by atoms with Crippen molar-refractivity contribution in [2.24, 2.45) is 0 Å². The van der Waals surface area contributed by atoms with Crippen molar-refractivity contribution in [1.29, 1.82) is 0 Å². The lowest BCUT2D eigenvalue weighted by Crippen LogP contribution is -2.22. The Bertz CT molecular complexity index is 623. The zero-order chi connectivity index (χ0) is 15.6. The lowest BCUT2D eigenvalue weighted by atomic mass is 10.2. The van der Waals surface area contributed by atoms with Crippen LogP contribution in [0, 0.1) is 6.92 Å². The number of nitrogens with one attached hydrogen (secondary N) is 1. The summed E-state index contributed by atoms with van der Waals surface area (Å²) in [5.41, 5.74) is 2.04. The number of aromatic nitrogens is 2. The number of halogens is 3. The van der Waals surface area contributed by atoms with Gasteiger partial charge in [-0.2, -0.15) is 5.10 Å². The fourth-order valence-electron chi connectivity index (χ4n) is 2.12. The summed E-state index contributed by atoms with van der Waals surface area (Å²) in [6.07, 6.45) is -1.06. The van der Waals surface area contributed by atoms with Crippen LogP contribution in [-0.2, 0) is 6.54 Å². The van der Waals surface area contributed by atoms with Crippen LogP contribution in [0.15, 0.2) is 28.9 Å². The zero-order valence-corrected chi connectivity index (χ0v) is 13.8. The first-order valence-electron chi connectivity index (χ1n) is 6.75. The molecule has 0 spiro atoms. The third-order valence-electron chi connectivity index (χ3n) is 3.18. The predicted octanol–water partition coefficient (Wildman–Crippen LogP) is 4.38. The van der Waals surface area contributed by atoms with Gasteiger partial charge in [0.2, 0.25) is 0 Å². The van der Waals surface area contributed by atoms with Crippen molar-refractivity contribution in [3.05, 3.63) is 45.7 Å². The average molecular weight is 358 g/mol. The number of nitrogens with zero attached hydrogens (tertiary/aromatic N) is 2. The van der Waals surface area contributed by atoms with Crippen molar-refractivity contribution in [1.82, 2.24) is 15.1 Å². The second-order valence-electron chi connectivity index (χ2n) is 5.23. The molecule has 1 heterocycles. The second kappa shape index (κ2) is 6.66. The van der Waals surface area contributed by atoms with Crippen LogP contribution in [0.4, 0.5) is 8.78 Å². The Kier molecular flexibility index (Phi) is 5.11. The van der Waals surface area contributed by atoms with Gasteiger partial charge in [0.15, 0.2) is 0 Å². The molecular formula is C15H18BrF2N3. The summed E-state index contributed by atoms with van der Waals surface area (Å²) < 4.78 is 29.1. The van der Waals surface area contributed by atoms with Gasteiger partial charge in [0.25, 0.3) is 6.43 Å². The van der Waals surface area contributed by atoms with E-state index in [-0.39, 0.29) is 11.7 Å². The normalized spacial score (nSPS) is 11.6. The van der Waals surface area contributed by atoms with Crippen LogP contribution >= 0.6 is 15.9 Å². The third kappa shape index (κ3) is 3.68. The molecule has 0 aliphatic carbocycles. The second-order valence-corrected chi connectivity index (χ2v) is 6.15. The van der Waals surface area contributed by atoms with Crippen LogP contribution in [-0.4, -0.2) is 15.8 Å². The molecule has 0 atom stereocenters. The molecule has 0 aliphatic rings. The maximum absolute atomic E-state index is 13.4. The molecule has 0 aliphatic heterocycles. The van der Waals surface area contributed by atoms with Gasteiger partial charge in [-0.25, -0.2) is 13.5 Å². The van der Waals surface area contributed by atoms with Crippen LogP contribution in [0.1, 0.15) is 37.1 Å². The standard InChI is InChI=1S/C15H18BrF2N3/c1-9(2)19-7-11-8-20-21(14(11)15(17)18)13-5-4-12(16)6-10(13)3/h4-6,8-9,15,19H,7H2,1-3H3. The molecule has 2 rings (SSSR count). The van der Waals surface area contributed by atoms with Gasteiger partial charge in [-0.1, -0.05) is 29.8 Å². The van der Waals surface area contributed by atoms with Crippen LogP contribution in [0.2, 0.25) is 0 Å². The lowest BCUT2D eigenvalue weighted by Gasteiger charge is -2.13. The summed E-state index contributed by atoms with van der Waals surface area (Å²) in [7, 11) is 0. The van der Waals surface area contributed by atoms with Gasteiger partial charge in [-0.05, 0) is 30.7 Å². The molecule has 0 fully saturated rings. The number of benzene rings is 1. The summed E-state index contributed by atoms with van der Waals surface area (Å²) >= 11 is 3.37. The molecule has 21 heavy (non-hydrogen) atoms. The van der Waals surface area contributed by atoms with E-state index in [1.54, 1.807) is 6.07 Å². The van der Waals surface area contributed by atoms with Crippen LogP contribution in [0.25, 0.3) is 5.69 Å². The highest BCUT2D eigenvalue weighted by molar-refractivity contribution is 9.10. The molecule has 0 saturated carbocycles. The molecule has 0 saturated heterocycles. The van der Waals surface area contributed by atoms with E-state index in [9.17, 15) is 8.78 Å². The Hall–Kier alpha value is -1.27. The molecule has 0 unspecified atom stereocenters. The summed E-state index contributed by atoms with van der Waals surface area (Å²) in [6.45, 7) is 6.21. The van der Waals surface area contributed by atoms with Crippen molar-refractivity contribution < 1.29 is 8.78 Å². The van der Waals surface area contributed by atoms with Crippen LogP contribution in [0.3, 0.4) is 0 Å². The highest BCUT2D eigenvalue weighted by Crippen LogP contribution is 2.28. The molecule has 0 bridgehead atoms. The van der Waals surface area contributed by atoms with E-state index in [0.29, 0.717) is 17.8 Å². The number of rotatable bonds is 5. The molecule has 6 heteroatoms. The van der Waals surface area contributed by atoms with Crippen molar-refractivity contribution in [3.8, 4) is 5.69 Å². The van der Waals surface area contributed by atoms with Gasteiger partial charge in [0.1, 0.15) is 5.69 Å². The highest BCUT2D eigenvalue weighted by Gasteiger charge is 2.21. The zero-order valence-electron chi connectivity index (χ0n) is 12.2. The third-order valence-corrected chi connectivity index (χ3v) is 3.67. The van der Waals surface area contributed by atoms with E-state index in [2.05, 4.69) is 26.3 Å². The average Bonchev–Trinajstić information content (AvgIpc) is 2.80. The maximum Gasteiger partial charge on any atom is 0.280 e. The Labute approximate surface area is 131 Å². The van der Waals surface area contributed by atoms with Crippen molar-refractivity contribution in [3.63, 3.8) is 0 Å². The molecule has 3 nitrogen and oxygen atoms in total. The number of aryl methyl sites for hydroxylation is 1. The van der Waals surface area contributed by atoms with Gasteiger partial charge in [-0.3, -0.25) is 0 Å². The predicted molar refractivity (Wildman–Crippen MR) is 82.9 cm³/mol. The summed E-state index contributed by atoms with van der Waals surface area (Å²) in [5.74, 6) is 0. The fourth-order valence-corrected chi connectivity index (χ4v) is 2.60. The Balaban J connectivity index is 2.44. The quantitative estimate of drug-likeness (QED) is 0.860. The molecule has 0 amide bonds. The molecule has 114 valence electrons. The number of hydrogen-bond acceptors (Lipinski definition) is 2. The fraction of sp³-hybridized carbons (Fsp3) is 0.400. The van der Waals surface area contributed by atoms with Crippen molar-refractivity contribution in [2.75, 3.05) is 0 Å². The monoisotopic (exact) mass is 357 g/mol. The first kappa shape index (κ1) is 16.1. The summed E-state index contributed by atoms with van der Waals surface area (Å²) in [4.78, 5) is 0. The SMILES string of the molecule is Cc1cc(Br)ccc1-n1ncc(CNC(C)C)c1C(F)F. The Morgan fingerprint density at radius 1 is 1.33 bits per heavy atom. The number of alkyl halides is 2. The molecular weight excluding hydrogens is 340 g/mol. The highest BCUT2D eigenvalue weighted by atomic mass is 79.9. The van der Waals surface area contributed by atoms with Crippen LogP contribution < -0.4 is 5.32 Å². The van der Waals surface area contributed by atoms with E-state index in [1.165, 1.54) is 10.9 Å². The maximum atomic E-state index is 13.4. The van der Waals surface area contributed by atoms with E-state index < -0.39 is 6.43 Å². The van der Waals surface area contributed by atoms with E-state index in [4.69, 9.17) is 0 Å². The minimum atomic E-state index is -2.57. The molecule has 1 aromatic carbocycles. The number of hydrogen-bond donors (Lipinski definition) is 1. The topological polar surface area (TPSA) is 29.9 Å². The van der Waals surface area contributed by atoms with Gasteiger partial charge < -0.3 is 5.32 Å². The minimum Gasteiger partial charge on any atom is -0.310 e. The summed E-state index contributed by atoms with van der Waals surface area (Å²) in [5, 5.41) is 7.31. The minimum absolute atomic E-state index is 0.0476. The Morgan fingerprint density at radius 3 is 2.62 bits per heavy atom. The largest absolute Gasteiger partial charge is 0.310 e. The molecule has 0 radical (unpaired) electrons. The molecule has 2 aromatic rings. The first-order valence-corrected chi connectivity index (χ1v) is 7.54. The Morgan fingerprint density at radius 2 is 2.05 bits per heavy atom. The smallest absolute Gasteiger partial charge is 0.280 e. The van der Waals surface area contributed by atoms with E-state index >= 15 is 0 Å². The van der Waals surface area contributed by atoms with E-state index in [1.807, 2.05) is 32.9 Å². The van der Waals surface area contributed by atoms with Crippen LogP contribution in [0.5, 0.6) is 0 Å². The molecule has 1 N–H and O–H groups in total. The van der Waals surface area contributed by atoms with Gasteiger partial charge in [0.05, 0.1) is 11.9 Å². The molecule has 1 aromatic heterocycles. The van der Waals surface area contributed by atoms with Gasteiger partial charge in [-0.15, -0.1) is 0 Å². The van der Waals surface area contributed by atoms with Gasteiger partial charge >= 0.3 is 0 Å². The van der Waals surface area contributed by atoms with Gasteiger partial charge in [0, 0.05) is 22.6 Å². The van der Waals surface area contributed by atoms with Crippen molar-refractivity contribution in [2.45, 2.75) is 39.8 Å². The summed E-state index contributed by atoms with van der Waals surface area (Å²) in [6, 6.07) is 5.73. The first-order chi connectivity index (χ1) is 9.90. The lowest BCUT2D eigenvalue weighted by molar-refractivity contribution is 0.141. The van der Waals surface area contributed by atoms with Crippen molar-refractivity contribution >= 4 is 15.9 Å².